The van der Waals surface area contributed by atoms with Crippen LogP contribution in [0.2, 0.25) is 0 Å². The molecule has 0 spiro atoms. The molecule has 1 saturated heterocycles. The highest BCUT2D eigenvalue weighted by atomic mass is 16.5. The van der Waals surface area contributed by atoms with Gasteiger partial charge in [0.1, 0.15) is 0 Å². The molecule has 1 aliphatic heterocycles. The van der Waals surface area contributed by atoms with Crippen molar-refractivity contribution in [2.45, 2.75) is 19.8 Å². The van der Waals surface area contributed by atoms with Gasteiger partial charge in [-0.3, -0.25) is 9.59 Å². The third-order valence-corrected chi connectivity index (χ3v) is 3.23. The molecule has 1 aromatic heterocycles. The molecule has 6 nitrogen and oxygen atoms in total. The summed E-state index contributed by atoms with van der Waals surface area (Å²) in [5.41, 5.74) is 0.532. The maximum Gasteiger partial charge on any atom is 0.309 e. The summed E-state index contributed by atoms with van der Waals surface area (Å²) in [5.74, 6) is -0.294. The lowest BCUT2D eigenvalue weighted by Gasteiger charge is -2.30. The summed E-state index contributed by atoms with van der Waals surface area (Å²) in [4.78, 5) is 25.5. The lowest BCUT2D eigenvalue weighted by Crippen LogP contribution is -2.40. The molecule has 0 unspecified atom stereocenters. The number of amides is 1. The summed E-state index contributed by atoms with van der Waals surface area (Å²) in [6.45, 7) is 3.35. The van der Waals surface area contributed by atoms with Gasteiger partial charge in [-0.15, -0.1) is 0 Å². The number of likely N-dealkylation sites (tertiary alicyclic amines) is 1. The predicted octanol–water partition coefficient (Wildman–Crippen LogP) is 0.892. The minimum absolute atomic E-state index is 0.0581. The van der Waals surface area contributed by atoms with Gasteiger partial charge in [-0.1, -0.05) is 0 Å². The molecule has 0 aliphatic carbocycles. The molecule has 0 N–H and O–H groups in total. The maximum absolute atomic E-state index is 12.1. The fraction of sp³-hybridized carbons (Fsp3) is 0.538. The van der Waals surface area contributed by atoms with Gasteiger partial charge in [-0.05, 0) is 25.8 Å². The molecule has 1 amide bonds. The molecule has 0 aromatic carbocycles. The van der Waals surface area contributed by atoms with Gasteiger partial charge in [0.05, 0.1) is 30.5 Å². The minimum Gasteiger partial charge on any atom is -0.466 e. The Labute approximate surface area is 111 Å². The zero-order valence-corrected chi connectivity index (χ0v) is 10.9. The fourth-order valence-electron chi connectivity index (χ4n) is 2.18. The Morgan fingerprint density at radius 2 is 2.11 bits per heavy atom. The summed E-state index contributed by atoms with van der Waals surface area (Å²) in [6, 6.07) is 1.65. The van der Waals surface area contributed by atoms with Gasteiger partial charge < -0.3 is 9.64 Å². The number of piperidine rings is 1. The summed E-state index contributed by atoms with van der Waals surface area (Å²) < 4.78 is 5.00. The zero-order valence-electron chi connectivity index (χ0n) is 10.9. The van der Waals surface area contributed by atoms with Crippen LogP contribution < -0.4 is 0 Å². The number of carbonyl (C=O) groups excluding carboxylic acids is 2. The Morgan fingerprint density at radius 1 is 1.37 bits per heavy atom. The third kappa shape index (κ3) is 3.27. The maximum atomic E-state index is 12.1. The second-order valence-corrected chi connectivity index (χ2v) is 4.45. The van der Waals surface area contributed by atoms with Crippen LogP contribution in [0.5, 0.6) is 0 Å². The molecule has 2 heterocycles. The van der Waals surface area contributed by atoms with Gasteiger partial charge >= 0.3 is 5.97 Å². The topological polar surface area (TPSA) is 72.4 Å². The van der Waals surface area contributed by atoms with E-state index in [1.165, 1.54) is 12.4 Å². The van der Waals surface area contributed by atoms with Crippen LogP contribution in [0.3, 0.4) is 0 Å². The Hall–Kier alpha value is -1.98. The molecule has 0 atom stereocenters. The molecule has 1 fully saturated rings. The number of hydrogen-bond donors (Lipinski definition) is 0. The van der Waals surface area contributed by atoms with Crippen molar-refractivity contribution < 1.29 is 14.3 Å². The van der Waals surface area contributed by atoms with E-state index in [2.05, 4.69) is 10.2 Å². The monoisotopic (exact) mass is 263 g/mol. The number of rotatable bonds is 3. The van der Waals surface area contributed by atoms with Crippen molar-refractivity contribution in [3.05, 3.63) is 24.0 Å². The molecule has 0 radical (unpaired) electrons. The van der Waals surface area contributed by atoms with Gasteiger partial charge in [0.25, 0.3) is 5.91 Å². The molecule has 0 saturated carbocycles. The van der Waals surface area contributed by atoms with Crippen LogP contribution >= 0.6 is 0 Å². The first-order valence-corrected chi connectivity index (χ1v) is 6.45. The lowest BCUT2D eigenvalue weighted by molar-refractivity contribution is -0.149. The van der Waals surface area contributed by atoms with E-state index in [-0.39, 0.29) is 17.8 Å². The average Bonchev–Trinajstić information content (AvgIpc) is 2.48. The van der Waals surface area contributed by atoms with Crippen molar-refractivity contribution in [1.29, 1.82) is 0 Å². The Balaban J connectivity index is 1.90. The quantitative estimate of drug-likeness (QED) is 0.757. The van der Waals surface area contributed by atoms with E-state index in [1.54, 1.807) is 17.9 Å². The average molecular weight is 263 g/mol. The molecule has 1 aromatic rings. The Morgan fingerprint density at radius 3 is 2.68 bits per heavy atom. The standard InChI is InChI=1S/C13H17N3O3/c1-2-19-13(18)10-4-7-16(8-5-10)12(17)11-3-6-14-15-9-11/h3,6,9-10H,2,4-5,7-8H2,1H3. The van der Waals surface area contributed by atoms with E-state index >= 15 is 0 Å². The number of esters is 1. The van der Waals surface area contributed by atoms with Crippen LogP contribution in [0.15, 0.2) is 18.5 Å². The van der Waals surface area contributed by atoms with Crippen LogP contribution in [-0.4, -0.2) is 46.7 Å². The number of ether oxygens (including phenoxy) is 1. The normalized spacial score (nSPS) is 16.2. The number of nitrogens with zero attached hydrogens (tertiary/aromatic N) is 3. The molecule has 0 bridgehead atoms. The first-order chi connectivity index (χ1) is 9.22. The fourth-order valence-corrected chi connectivity index (χ4v) is 2.18. The molecule has 19 heavy (non-hydrogen) atoms. The van der Waals surface area contributed by atoms with Crippen molar-refractivity contribution in [3.8, 4) is 0 Å². The SMILES string of the molecule is CCOC(=O)C1CCN(C(=O)c2ccnnc2)CC1. The van der Waals surface area contributed by atoms with Crippen molar-refractivity contribution in [3.63, 3.8) is 0 Å². The van der Waals surface area contributed by atoms with E-state index in [0.717, 1.165) is 0 Å². The van der Waals surface area contributed by atoms with E-state index in [4.69, 9.17) is 4.74 Å². The van der Waals surface area contributed by atoms with Crippen molar-refractivity contribution in [1.82, 2.24) is 15.1 Å². The highest BCUT2D eigenvalue weighted by Gasteiger charge is 2.28. The van der Waals surface area contributed by atoms with E-state index in [0.29, 0.717) is 38.1 Å². The summed E-state index contributed by atoms with van der Waals surface area (Å²) in [6.07, 6.45) is 4.27. The second-order valence-electron chi connectivity index (χ2n) is 4.45. The molecule has 1 aliphatic rings. The van der Waals surface area contributed by atoms with Crippen LogP contribution in [-0.2, 0) is 9.53 Å². The Kier molecular flexibility index (Phi) is 4.43. The van der Waals surface area contributed by atoms with E-state index in [1.807, 2.05) is 0 Å². The van der Waals surface area contributed by atoms with Crippen molar-refractivity contribution >= 4 is 11.9 Å². The van der Waals surface area contributed by atoms with Gasteiger partial charge in [0, 0.05) is 13.1 Å². The smallest absolute Gasteiger partial charge is 0.309 e. The number of aromatic nitrogens is 2. The van der Waals surface area contributed by atoms with Crippen LogP contribution in [0.1, 0.15) is 30.1 Å². The first-order valence-electron chi connectivity index (χ1n) is 6.45. The van der Waals surface area contributed by atoms with Gasteiger partial charge in [0.2, 0.25) is 0 Å². The van der Waals surface area contributed by atoms with Gasteiger partial charge in [-0.25, -0.2) is 0 Å². The second kappa shape index (κ2) is 6.26. The largest absolute Gasteiger partial charge is 0.466 e. The van der Waals surface area contributed by atoms with Crippen LogP contribution in [0.25, 0.3) is 0 Å². The molecule has 6 heteroatoms. The van der Waals surface area contributed by atoms with Gasteiger partial charge in [0.15, 0.2) is 0 Å². The molecular formula is C13H17N3O3. The van der Waals surface area contributed by atoms with E-state index < -0.39 is 0 Å². The van der Waals surface area contributed by atoms with E-state index in [9.17, 15) is 9.59 Å². The number of hydrogen-bond acceptors (Lipinski definition) is 5. The van der Waals surface area contributed by atoms with Crippen molar-refractivity contribution in [2.75, 3.05) is 19.7 Å². The summed E-state index contributed by atoms with van der Waals surface area (Å²) in [5, 5.41) is 7.34. The molecular weight excluding hydrogens is 246 g/mol. The predicted molar refractivity (Wildman–Crippen MR) is 67.3 cm³/mol. The van der Waals surface area contributed by atoms with Crippen molar-refractivity contribution in [2.24, 2.45) is 5.92 Å². The minimum atomic E-state index is -0.153. The van der Waals surface area contributed by atoms with Crippen LogP contribution in [0, 0.1) is 5.92 Å². The summed E-state index contributed by atoms with van der Waals surface area (Å²) in [7, 11) is 0. The third-order valence-electron chi connectivity index (χ3n) is 3.23. The highest BCUT2D eigenvalue weighted by Crippen LogP contribution is 2.20. The van der Waals surface area contributed by atoms with Gasteiger partial charge in [-0.2, -0.15) is 10.2 Å². The highest BCUT2D eigenvalue weighted by molar-refractivity contribution is 5.93. The first kappa shape index (κ1) is 13.5. The zero-order chi connectivity index (χ0) is 13.7. The van der Waals surface area contributed by atoms with Crippen LogP contribution in [0.4, 0.5) is 0 Å². The Bertz CT molecular complexity index is 442. The number of carbonyl (C=O) groups is 2. The molecule has 2 rings (SSSR count). The lowest BCUT2D eigenvalue weighted by atomic mass is 9.96. The molecule has 102 valence electrons. The summed E-state index contributed by atoms with van der Waals surface area (Å²) >= 11 is 0.